The monoisotopic (exact) mass is 278 g/mol. The summed E-state index contributed by atoms with van der Waals surface area (Å²) in [7, 11) is 0. The number of nitrogens with one attached hydrogen (secondary N) is 1. The third-order valence-corrected chi connectivity index (χ3v) is 3.51. The van der Waals surface area contributed by atoms with Crippen molar-refractivity contribution in [1.29, 1.82) is 0 Å². The maximum atomic E-state index is 11.5. The van der Waals surface area contributed by atoms with E-state index in [0.717, 1.165) is 15.2 Å². The van der Waals surface area contributed by atoms with Crippen LogP contribution in [0.15, 0.2) is 24.3 Å². The molecule has 1 aromatic carbocycles. The highest BCUT2D eigenvalue weighted by Gasteiger charge is 2.05. The van der Waals surface area contributed by atoms with E-state index in [9.17, 15) is 4.79 Å². The van der Waals surface area contributed by atoms with Gasteiger partial charge in [0.2, 0.25) is 5.91 Å². The smallest absolute Gasteiger partial charge is 0.246 e. The Bertz CT molecular complexity index is 518. The van der Waals surface area contributed by atoms with Gasteiger partial charge < -0.3 is 10.1 Å². The summed E-state index contributed by atoms with van der Waals surface area (Å²) in [6, 6.07) is 7.97. The molecule has 0 aliphatic heterocycles. The van der Waals surface area contributed by atoms with E-state index in [2.05, 4.69) is 24.1 Å². The lowest BCUT2D eigenvalue weighted by Gasteiger charge is -2.07. The van der Waals surface area contributed by atoms with Crippen LogP contribution >= 0.6 is 11.3 Å². The Morgan fingerprint density at radius 1 is 1.42 bits per heavy atom. The molecule has 0 unspecified atom stereocenters. The number of benzene rings is 1. The molecule has 0 aliphatic rings. The number of ether oxygens (including phenoxy) is 1. The number of carbonyl (C=O) groups excluding carboxylic acids is 1. The van der Waals surface area contributed by atoms with Crippen LogP contribution in [0.3, 0.4) is 0 Å². The first-order chi connectivity index (χ1) is 9.15. The Morgan fingerprint density at radius 2 is 2.21 bits per heavy atom. The molecule has 0 radical (unpaired) electrons. The second-order valence-corrected chi connectivity index (χ2v) is 5.88. The Morgan fingerprint density at radius 3 is 2.95 bits per heavy atom. The predicted octanol–water partition coefficient (Wildman–Crippen LogP) is 2.59. The Labute approximate surface area is 116 Å². The van der Waals surface area contributed by atoms with E-state index in [0.29, 0.717) is 19.1 Å². The van der Waals surface area contributed by atoms with Crippen LogP contribution in [0.1, 0.15) is 18.9 Å². The molecular weight excluding hydrogens is 260 g/mol. The number of rotatable bonds is 6. The Balaban J connectivity index is 1.77. The van der Waals surface area contributed by atoms with Gasteiger partial charge in [-0.2, -0.15) is 0 Å². The number of nitrogens with zero attached hydrogens (tertiary/aromatic N) is 1. The van der Waals surface area contributed by atoms with Gasteiger partial charge in [0.25, 0.3) is 0 Å². The first kappa shape index (κ1) is 14.0. The van der Waals surface area contributed by atoms with Crippen LogP contribution in [0.4, 0.5) is 0 Å². The van der Waals surface area contributed by atoms with Crippen LogP contribution < -0.4 is 5.32 Å². The van der Waals surface area contributed by atoms with Gasteiger partial charge >= 0.3 is 0 Å². The number of hydrogen-bond donors (Lipinski definition) is 1. The van der Waals surface area contributed by atoms with Crippen LogP contribution in [0.25, 0.3) is 10.2 Å². The molecule has 2 rings (SSSR count). The van der Waals surface area contributed by atoms with Crippen molar-refractivity contribution in [3.05, 3.63) is 29.3 Å². The van der Waals surface area contributed by atoms with Gasteiger partial charge in [0.05, 0.1) is 16.8 Å². The summed E-state index contributed by atoms with van der Waals surface area (Å²) in [5, 5.41) is 3.71. The van der Waals surface area contributed by atoms with E-state index in [-0.39, 0.29) is 12.5 Å². The highest BCUT2D eigenvalue weighted by Crippen LogP contribution is 2.21. The summed E-state index contributed by atoms with van der Waals surface area (Å²) in [6.07, 6.45) is 0. The summed E-state index contributed by atoms with van der Waals surface area (Å²) in [6.45, 7) is 5.27. The lowest BCUT2D eigenvalue weighted by Crippen LogP contribution is -2.30. The highest BCUT2D eigenvalue weighted by molar-refractivity contribution is 7.18. The van der Waals surface area contributed by atoms with Crippen LogP contribution in [0.5, 0.6) is 0 Å². The molecule has 0 saturated heterocycles. The van der Waals surface area contributed by atoms with Gasteiger partial charge in [0.1, 0.15) is 11.6 Å². The van der Waals surface area contributed by atoms with E-state index < -0.39 is 0 Å². The fraction of sp³-hybridized carbons (Fsp3) is 0.429. The van der Waals surface area contributed by atoms with E-state index in [1.807, 2.05) is 24.3 Å². The van der Waals surface area contributed by atoms with E-state index in [4.69, 9.17) is 4.74 Å². The van der Waals surface area contributed by atoms with Gasteiger partial charge in [-0.3, -0.25) is 4.79 Å². The number of aromatic nitrogens is 1. The molecule has 5 heteroatoms. The van der Waals surface area contributed by atoms with E-state index >= 15 is 0 Å². The summed E-state index contributed by atoms with van der Waals surface area (Å²) in [5.41, 5.74) is 0.982. The normalized spacial score (nSPS) is 11.1. The maximum absolute atomic E-state index is 11.5. The maximum Gasteiger partial charge on any atom is 0.246 e. The molecule has 1 N–H and O–H groups in total. The molecule has 0 spiro atoms. The van der Waals surface area contributed by atoms with Crippen molar-refractivity contribution in [2.24, 2.45) is 5.92 Å². The van der Waals surface area contributed by atoms with Gasteiger partial charge in [-0.15, -0.1) is 11.3 Å². The number of thiazole rings is 1. The van der Waals surface area contributed by atoms with Crippen molar-refractivity contribution in [1.82, 2.24) is 10.3 Å². The minimum atomic E-state index is -0.0742. The molecule has 0 bridgehead atoms. The van der Waals surface area contributed by atoms with Crippen molar-refractivity contribution >= 4 is 27.5 Å². The van der Waals surface area contributed by atoms with E-state index in [1.165, 1.54) is 0 Å². The first-order valence-corrected chi connectivity index (χ1v) is 7.15. The minimum absolute atomic E-state index is 0.0742. The Hall–Kier alpha value is -1.46. The molecule has 0 saturated carbocycles. The van der Waals surface area contributed by atoms with Crippen LogP contribution in [0, 0.1) is 5.92 Å². The molecule has 0 aliphatic carbocycles. The second-order valence-electron chi connectivity index (χ2n) is 4.77. The topological polar surface area (TPSA) is 51.2 Å². The van der Waals surface area contributed by atoms with Crippen LogP contribution in [-0.4, -0.2) is 24.0 Å². The molecule has 1 aromatic heterocycles. The van der Waals surface area contributed by atoms with Crippen molar-refractivity contribution in [3.63, 3.8) is 0 Å². The lowest BCUT2D eigenvalue weighted by molar-refractivity contribution is -0.126. The lowest BCUT2D eigenvalue weighted by atomic mass is 10.2. The minimum Gasteiger partial charge on any atom is -0.364 e. The third-order valence-electron chi connectivity index (χ3n) is 2.50. The molecule has 1 amide bonds. The quantitative estimate of drug-likeness (QED) is 0.883. The summed E-state index contributed by atoms with van der Waals surface area (Å²) in [5.74, 6) is 0.378. The highest BCUT2D eigenvalue weighted by atomic mass is 32.1. The van der Waals surface area contributed by atoms with E-state index in [1.54, 1.807) is 11.3 Å². The zero-order chi connectivity index (χ0) is 13.7. The van der Waals surface area contributed by atoms with Gasteiger partial charge in [0, 0.05) is 6.54 Å². The average Bonchev–Trinajstić information content (AvgIpc) is 2.79. The number of carbonyl (C=O) groups is 1. The number of amides is 1. The zero-order valence-electron chi connectivity index (χ0n) is 11.2. The molecule has 0 atom stereocenters. The fourth-order valence-electron chi connectivity index (χ4n) is 1.58. The van der Waals surface area contributed by atoms with Gasteiger partial charge in [0.15, 0.2) is 0 Å². The largest absolute Gasteiger partial charge is 0.364 e. The summed E-state index contributed by atoms with van der Waals surface area (Å²) in [4.78, 5) is 15.9. The average molecular weight is 278 g/mol. The number of para-hydroxylation sites is 1. The first-order valence-electron chi connectivity index (χ1n) is 6.34. The molecule has 2 aromatic rings. The zero-order valence-corrected chi connectivity index (χ0v) is 12.0. The molecule has 0 fully saturated rings. The molecule has 4 nitrogen and oxygen atoms in total. The molecule has 19 heavy (non-hydrogen) atoms. The van der Waals surface area contributed by atoms with Crippen molar-refractivity contribution in [2.45, 2.75) is 20.5 Å². The van der Waals surface area contributed by atoms with Crippen LogP contribution in [-0.2, 0) is 16.1 Å². The summed E-state index contributed by atoms with van der Waals surface area (Å²) >= 11 is 1.60. The van der Waals surface area contributed by atoms with Crippen molar-refractivity contribution in [3.8, 4) is 0 Å². The van der Waals surface area contributed by atoms with Crippen molar-refractivity contribution in [2.75, 3.05) is 13.2 Å². The SMILES string of the molecule is CC(C)CNC(=O)COCc1nc2ccccc2s1. The molecular formula is C14H18N2O2S. The molecule has 102 valence electrons. The van der Waals surface area contributed by atoms with Gasteiger partial charge in [-0.05, 0) is 18.1 Å². The molecule has 1 heterocycles. The van der Waals surface area contributed by atoms with Crippen LogP contribution in [0.2, 0.25) is 0 Å². The standard InChI is InChI=1S/C14H18N2O2S/c1-10(2)7-15-13(17)8-18-9-14-16-11-5-3-4-6-12(11)19-14/h3-6,10H,7-9H2,1-2H3,(H,15,17). The van der Waals surface area contributed by atoms with Crippen molar-refractivity contribution < 1.29 is 9.53 Å². The fourth-order valence-corrected chi connectivity index (χ4v) is 2.49. The predicted molar refractivity (Wildman–Crippen MR) is 77.1 cm³/mol. The Kier molecular flexibility index (Phi) is 4.87. The summed E-state index contributed by atoms with van der Waals surface area (Å²) < 4.78 is 6.52. The van der Waals surface area contributed by atoms with Gasteiger partial charge in [-0.25, -0.2) is 4.98 Å². The van der Waals surface area contributed by atoms with Gasteiger partial charge in [-0.1, -0.05) is 26.0 Å². The number of fused-ring (bicyclic) bond motifs is 1. The third kappa shape index (κ3) is 4.29. The second kappa shape index (κ2) is 6.63. The number of hydrogen-bond acceptors (Lipinski definition) is 4.